The summed E-state index contributed by atoms with van der Waals surface area (Å²) < 4.78 is 1.38. The highest BCUT2D eigenvalue weighted by molar-refractivity contribution is 7.26. The van der Waals surface area contributed by atoms with Gasteiger partial charge in [0.1, 0.15) is 0 Å². The van der Waals surface area contributed by atoms with E-state index in [1.165, 1.54) is 154 Å². The molecule has 382 valence electrons. The molecule has 3 aliphatic carbocycles. The third-order valence-corrected chi connectivity index (χ3v) is 20.9. The van der Waals surface area contributed by atoms with Crippen LogP contribution >= 0.6 is 11.3 Å². The van der Waals surface area contributed by atoms with Gasteiger partial charge >= 0.3 is 0 Å². The van der Waals surface area contributed by atoms with Gasteiger partial charge in [-0.1, -0.05) is 179 Å². The largest absolute Gasteiger partial charge is 0.311 e. The van der Waals surface area contributed by atoms with Crippen molar-refractivity contribution in [1.29, 1.82) is 0 Å². The molecule has 4 heteroatoms. The van der Waals surface area contributed by atoms with Crippen molar-refractivity contribution in [3.05, 3.63) is 148 Å². The molecule has 0 bridgehead atoms. The zero-order chi connectivity index (χ0) is 52.8. The first-order chi connectivity index (χ1) is 34.4. The van der Waals surface area contributed by atoms with Gasteiger partial charge < -0.3 is 9.80 Å². The molecular formula is C70H83BN2S. The normalized spacial score (nSPS) is 20.3. The number of nitrogens with zero attached hydrogens (tertiary/aromatic N) is 2. The Hall–Kier alpha value is -5.06. The number of rotatable bonds is 3. The maximum atomic E-state index is 2.76. The summed E-state index contributed by atoms with van der Waals surface area (Å²) >= 11 is 2.02. The van der Waals surface area contributed by atoms with Crippen molar-refractivity contribution in [3.63, 3.8) is 0 Å². The van der Waals surface area contributed by atoms with Crippen LogP contribution in [0.3, 0.4) is 0 Å². The summed E-state index contributed by atoms with van der Waals surface area (Å²) in [6.45, 7) is 44.1. The van der Waals surface area contributed by atoms with Crippen LogP contribution < -0.4 is 26.2 Å². The SMILES string of the molecule is CC(C)(C)c1ccc2c3c(sc2c1)N(c1ccc2c(c1)C(C)(C)CCC2(C)C)c1cc(-c2ccccc2C(C)(C)C)cc2c1B3c1cc3c(cc1N2c1ccc2c(c1)C(C)(C)CCC2(C)C)C(C)(C)CCC3(C)C. The molecule has 5 aliphatic rings. The van der Waals surface area contributed by atoms with E-state index >= 15 is 0 Å². The van der Waals surface area contributed by atoms with E-state index in [2.05, 4.69) is 238 Å². The van der Waals surface area contributed by atoms with Crippen molar-refractivity contribution in [1.82, 2.24) is 0 Å². The lowest BCUT2D eigenvalue weighted by Gasteiger charge is -2.48. The standard InChI is InChI=1S/C70H83BN2S/c1-63(2,3)43-23-26-47-59(37-43)74-62-60(47)71-55-40-53-54(70(17,18)34-33-69(53,15)16)41-56(55)72(44-24-27-49-51(38-44)67(11,12)31-29-65(49,7)8)57-35-42(46-21-19-20-22-48(46)64(4,5)6)36-58(61(57)71)73(62)45-25-28-50-52(39-45)68(13,14)32-30-66(50,9)10/h19-28,35-41H,29-34H2,1-18H3. The lowest BCUT2D eigenvalue weighted by molar-refractivity contribution is 0.332. The highest BCUT2D eigenvalue weighted by Crippen LogP contribution is 2.56. The quantitative estimate of drug-likeness (QED) is 0.163. The number of anilines is 6. The van der Waals surface area contributed by atoms with Gasteiger partial charge in [-0.3, -0.25) is 0 Å². The van der Waals surface area contributed by atoms with Gasteiger partial charge in [-0.05, 0) is 208 Å². The van der Waals surface area contributed by atoms with Gasteiger partial charge in [-0.2, -0.15) is 0 Å². The van der Waals surface area contributed by atoms with E-state index in [4.69, 9.17) is 0 Å². The Balaban J connectivity index is 1.26. The molecule has 0 unspecified atom stereocenters. The lowest BCUT2D eigenvalue weighted by atomic mass is 9.33. The molecule has 12 rings (SSSR count). The molecule has 1 aromatic heterocycles. The molecule has 2 aliphatic heterocycles. The summed E-state index contributed by atoms with van der Waals surface area (Å²) in [7, 11) is 0. The van der Waals surface area contributed by atoms with Gasteiger partial charge in [-0.25, -0.2) is 0 Å². The van der Waals surface area contributed by atoms with Crippen LogP contribution in [0.15, 0.2) is 103 Å². The van der Waals surface area contributed by atoms with E-state index in [-0.39, 0.29) is 50.0 Å². The van der Waals surface area contributed by atoms with Gasteiger partial charge in [0.2, 0.25) is 0 Å². The average Bonchev–Trinajstić information content (AvgIpc) is 3.71. The summed E-state index contributed by atoms with van der Waals surface area (Å²) in [5.41, 5.74) is 25.6. The van der Waals surface area contributed by atoms with Gasteiger partial charge in [0.05, 0.1) is 5.00 Å². The van der Waals surface area contributed by atoms with Crippen molar-refractivity contribution >= 4 is 78.0 Å². The Morgan fingerprint density at radius 3 is 1.43 bits per heavy atom. The van der Waals surface area contributed by atoms with Crippen LogP contribution in [0.25, 0.3) is 21.2 Å². The number of benzene rings is 6. The second-order valence-electron chi connectivity index (χ2n) is 29.8. The molecule has 0 radical (unpaired) electrons. The molecule has 74 heavy (non-hydrogen) atoms. The Morgan fingerprint density at radius 2 is 0.905 bits per heavy atom. The summed E-state index contributed by atoms with van der Waals surface area (Å²) in [5.74, 6) is 0. The number of fused-ring (bicyclic) bond motifs is 9. The van der Waals surface area contributed by atoms with Crippen molar-refractivity contribution in [2.45, 2.75) is 206 Å². The summed E-state index contributed by atoms with van der Waals surface area (Å²) in [6.07, 6.45) is 7.09. The van der Waals surface area contributed by atoms with Crippen LogP contribution in [0.4, 0.5) is 33.4 Å². The Labute approximate surface area is 450 Å². The van der Waals surface area contributed by atoms with Crippen LogP contribution in [-0.2, 0) is 43.3 Å². The number of hydrogen-bond donors (Lipinski definition) is 0. The zero-order valence-electron chi connectivity index (χ0n) is 48.4. The minimum atomic E-state index is -0.0626. The van der Waals surface area contributed by atoms with Crippen LogP contribution in [0.2, 0.25) is 0 Å². The molecule has 0 N–H and O–H groups in total. The number of thiophene rings is 1. The summed E-state index contributed by atoms with van der Waals surface area (Å²) in [5, 5.41) is 2.75. The van der Waals surface area contributed by atoms with E-state index in [1.54, 1.807) is 0 Å². The molecule has 2 nitrogen and oxygen atoms in total. The first-order valence-electron chi connectivity index (χ1n) is 28.3. The molecule has 7 aromatic rings. The van der Waals surface area contributed by atoms with Gasteiger partial charge in [-0.15, -0.1) is 11.3 Å². The highest BCUT2D eigenvalue weighted by Gasteiger charge is 2.49. The van der Waals surface area contributed by atoms with Crippen molar-refractivity contribution in [2.24, 2.45) is 0 Å². The molecule has 0 atom stereocenters. The topological polar surface area (TPSA) is 6.48 Å². The highest BCUT2D eigenvalue weighted by atomic mass is 32.1. The van der Waals surface area contributed by atoms with E-state index in [9.17, 15) is 0 Å². The lowest BCUT2D eigenvalue weighted by Crippen LogP contribution is -2.61. The zero-order valence-corrected chi connectivity index (χ0v) is 49.3. The molecular weight excluding hydrogens is 912 g/mol. The molecule has 0 saturated carbocycles. The van der Waals surface area contributed by atoms with E-state index < -0.39 is 0 Å². The van der Waals surface area contributed by atoms with Crippen molar-refractivity contribution < 1.29 is 0 Å². The average molecular weight is 995 g/mol. The van der Waals surface area contributed by atoms with Crippen molar-refractivity contribution in [2.75, 3.05) is 9.80 Å². The predicted molar refractivity (Wildman–Crippen MR) is 325 cm³/mol. The van der Waals surface area contributed by atoms with Crippen molar-refractivity contribution in [3.8, 4) is 11.1 Å². The van der Waals surface area contributed by atoms with E-state index in [0.29, 0.717) is 0 Å². The Morgan fingerprint density at radius 1 is 0.432 bits per heavy atom. The van der Waals surface area contributed by atoms with E-state index in [1.807, 2.05) is 11.3 Å². The smallest absolute Gasteiger partial charge is 0.254 e. The fourth-order valence-electron chi connectivity index (χ4n) is 14.6. The monoisotopic (exact) mass is 995 g/mol. The summed E-state index contributed by atoms with van der Waals surface area (Å²) in [6, 6.07) is 42.7. The van der Waals surface area contributed by atoms with E-state index in [0.717, 1.165) is 0 Å². The molecule has 0 saturated heterocycles. The van der Waals surface area contributed by atoms with Gasteiger partial charge in [0.25, 0.3) is 6.71 Å². The Kier molecular flexibility index (Phi) is 10.6. The third-order valence-electron chi connectivity index (χ3n) is 19.8. The van der Waals surface area contributed by atoms with Crippen LogP contribution in [0.5, 0.6) is 0 Å². The van der Waals surface area contributed by atoms with Crippen LogP contribution in [0.1, 0.15) is 208 Å². The number of hydrogen-bond acceptors (Lipinski definition) is 3. The second-order valence-corrected chi connectivity index (χ2v) is 30.9. The first-order valence-corrected chi connectivity index (χ1v) is 29.2. The first kappa shape index (κ1) is 49.8. The van der Waals surface area contributed by atoms with Gasteiger partial charge in [0.15, 0.2) is 0 Å². The minimum Gasteiger partial charge on any atom is -0.311 e. The summed E-state index contributed by atoms with van der Waals surface area (Å²) in [4.78, 5) is 5.51. The minimum absolute atomic E-state index is 0.0192. The Bertz CT molecular complexity index is 3500. The molecule has 3 heterocycles. The van der Waals surface area contributed by atoms with Crippen LogP contribution in [0, 0.1) is 0 Å². The molecule has 6 aromatic carbocycles. The molecule has 0 fully saturated rings. The molecule has 0 spiro atoms. The van der Waals surface area contributed by atoms with Crippen LogP contribution in [-0.4, -0.2) is 6.71 Å². The fourth-order valence-corrected chi connectivity index (χ4v) is 15.9. The van der Waals surface area contributed by atoms with Gasteiger partial charge in [0, 0.05) is 33.1 Å². The third kappa shape index (κ3) is 7.43. The predicted octanol–water partition coefficient (Wildman–Crippen LogP) is 18.3. The second kappa shape index (κ2) is 15.8. The molecule has 0 amide bonds. The maximum absolute atomic E-state index is 2.76. The maximum Gasteiger partial charge on any atom is 0.254 e. The fraction of sp³-hybridized carbons (Fsp3) is 0.457.